The Balaban J connectivity index is 1.92. The first kappa shape index (κ1) is 13.9. The van der Waals surface area contributed by atoms with Crippen molar-refractivity contribution in [3.8, 4) is 5.75 Å². The molecule has 2 aromatic carbocycles. The van der Waals surface area contributed by atoms with Crippen LogP contribution in [0.3, 0.4) is 0 Å². The van der Waals surface area contributed by atoms with E-state index in [-0.39, 0.29) is 11.7 Å². The van der Waals surface area contributed by atoms with Gasteiger partial charge in [-0.1, -0.05) is 18.2 Å². The predicted octanol–water partition coefficient (Wildman–Crippen LogP) is 2.85. The summed E-state index contributed by atoms with van der Waals surface area (Å²) in [5.41, 5.74) is 8.81. The summed E-state index contributed by atoms with van der Waals surface area (Å²) in [6.45, 7) is 1.91. The largest absolute Gasteiger partial charge is 0.506 e. The Bertz CT molecular complexity index is 606. The summed E-state index contributed by atoms with van der Waals surface area (Å²) in [6.07, 6.45) is 0.996. The van der Waals surface area contributed by atoms with Gasteiger partial charge in [-0.25, -0.2) is 0 Å². The average molecular weight is 270 g/mol. The molecule has 2 aromatic rings. The number of aromatic hydroxyl groups is 1. The molecule has 0 saturated carbocycles. The molecule has 104 valence electrons. The number of benzene rings is 2. The molecule has 0 aliphatic heterocycles. The Morgan fingerprint density at radius 3 is 2.60 bits per heavy atom. The first-order chi connectivity index (χ1) is 9.54. The number of hydrogen-bond donors (Lipinski definition) is 3. The fourth-order valence-electron chi connectivity index (χ4n) is 1.90. The Kier molecular flexibility index (Phi) is 4.25. The molecule has 0 aliphatic carbocycles. The number of aryl methyl sites for hydroxylation is 2. The van der Waals surface area contributed by atoms with Gasteiger partial charge in [0.25, 0.3) is 0 Å². The van der Waals surface area contributed by atoms with Gasteiger partial charge in [0, 0.05) is 12.1 Å². The van der Waals surface area contributed by atoms with Crippen molar-refractivity contribution in [2.45, 2.75) is 19.8 Å². The molecule has 4 heteroatoms. The first-order valence-corrected chi connectivity index (χ1v) is 6.48. The summed E-state index contributed by atoms with van der Waals surface area (Å²) in [5, 5.41) is 12.4. The number of rotatable bonds is 4. The number of amides is 1. The van der Waals surface area contributed by atoms with Crippen LogP contribution in [-0.2, 0) is 11.2 Å². The zero-order chi connectivity index (χ0) is 14.5. The minimum absolute atomic E-state index is 0.0800. The molecule has 0 aliphatic rings. The predicted molar refractivity (Wildman–Crippen MR) is 80.6 cm³/mol. The van der Waals surface area contributed by atoms with Crippen LogP contribution in [0.4, 0.5) is 11.4 Å². The molecule has 0 radical (unpaired) electrons. The normalized spacial score (nSPS) is 10.2. The van der Waals surface area contributed by atoms with Crippen molar-refractivity contribution < 1.29 is 9.90 Å². The van der Waals surface area contributed by atoms with Crippen LogP contribution in [0.2, 0.25) is 0 Å². The molecule has 0 aromatic heterocycles. The summed E-state index contributed by atoms with van der Waals surface area (Å²) in [6, 6.07) is 12.6. The molecular weight excluding hydrogens is 252 g/mol. The standard InChI is InChI=1S/C16H18N2O2/c1-11-2-8-15(19)14(10-11)18-16(20)9-5-12-3-6-13(17)7-4-12/h2-4,6-8,10,19H,5,9,17H2,1H3,(H,18,20). The lowest BCUT2D eigenvalue weighted by molar-refractivity contribution is -0.116. The van der Waals surface area contributed by atoms with E-state index in [9.17, 15) is 9.90 Å². The Hall–Kier alpha value is -2.49. The molecule has 0 saturated heterocycles. The highest BCUT2D eigenvalue weighted by molar-refractivity contribution is 5.92. The van der Waals surface area contributed by atoms with Crippen LogP contribution in [0.5, 0.6) is 5.75 Å². The second kappa shape index (κ2) is 6.10. The number of phenolic OH excluding ortho intramolecular Hbond substituents is 1. The van der Waals surface area contributed by atoms with Gasteiger partial charge < -0.3 is 16.2 Å². The number of phenols is 1. The number of carbonyl (C=O) groups excluding carboxylic acids is 1. The van der Waals surface area contributed by atoms with E-state index in [2.05, 4.69) is 5.32 Å². The van der Waals surface area contributed by atoms with Gasteiger partial charge in [-0.15, -0.1) is 0 Å². The van der Waals surface area contributed by atoms with E-state index in [4.69, 9.17) is 5.73 Å². The molecule has 0 bridgehead atoms. The van der Waals surface area contributed by atoms with Crippen LogP contribution in [0, 0.1) is 6.92 Å². The monoisotopic (exact) mass is 270 g/mol. The Morgan fingerprint density at radius 1 is 1.20 bits per heavy atom. The summed E-state index contributed by atoms with van der Waals surface area (Å²) in [7, 11) is 0. The third-order valence-electron chi connectivity index (χ3n) is 3.05. The van der Waals surface area contributed by atoms with E-state index >= 15 is 0 Å². The topological polar surface area (TPSA) is 75.3 Å². The van der Waals surface area contributed by atoms with E-state index in [1.165, 1.54) is 0 Å². The van der Waals surface area contributed by atoms with Crippen LogP contribution < -0.4 is 11.1 Å². The molecule has 0 unspecified atom stereocenters. The molecule has 0 atom stereocenters. The van der Waals surface area contributed by atoms with Crippen molar-refractivity contribution >= 4 is 17.3 Å². The molecular formula is C16H18N2O2. The molecule has 4 nitrogen and oxygen atoms in total. The zero-order valence-electron chi connectivity index (χ0n) is 11.4. The summed E-state index contributed by atoms with van der Waals surface area (Å²) in [5.74, 6) is -0.0424. The minimum Gasteiger partial charge on any atom is -0.506 e. The lowest BCUT2D eigenvalue weighted by Gasteiger charge is -2.08. The third kappa shape index (κ3) is 3.75. The van der Waals surface area contributed by atoms with Crippen molar-refractivity contribution in [1.82, 2.24) is 0 Å². The van der Waals surface area contributed by atoms with Crippen LogP contribution in [-0.4, -0.2) is 11.0 Å². The van der Waals surface area contributed by atoms with Gasteiger partial charge in [-0.2, -0.15) is 0 Å². The van der Waals surface area contributed by atoms with Crippen molar-refractivity contribution in [3.63, 3.8) is 0 Å². The number of hydrogen-bond acceptors (Lipinski definition) is 3. The Morgan fingerprint density at radius 2 is 1.90 bits per heavy atom. The molecule has 4 N–H and O–H groups in total. The number of nitrogens with one attached hydrogen (secondary N) is 1. The molecule has 0 spiro atoms. The highest BCUT2D eigenvalue weighted by Crippen LogP contribution is 2.24. The van der Waals surface area contributed by atoms with Crippen LogP contribution in [0.25, 0.3) is 0 Å². The summed E-state index contributed by atoms with van der Waals surface area (Å²) < 4.78 is 0. The highest BCUT2D eigenvalue weighted by Gasteiger charge is 2.07. The van der Waals surface area contributed by atoms with Crippen molar-refractivity contribution in [2.75, 3.05) is 11.1 Å². The molecule has 2 rings (SSSR count). The molecule has 0 heterocycles. The SMILES string of the molecule is Cc1ccc(O)c(NC(=O)CCc2ccc(N)cc2)c1. The number of anilines is 2. The number of carbonyl (C=O) groups is 1. The Labute approximate surface area is 118 Å². The van der Waals surface area contributed by atoms with Crippen molar-refractivity contribution in [1.29, 1.82) is 0 Å². The maximum absolute atomic E-state index is 11.9. The zero-order valence-corrected chi connectivity index (χ0v) is 11.4. The van der Waals surface area contributed by atoms with E-state index in [0.29, 0.717) is 24.2 Å². The quantitative estimate of drug-likeness (QED) is 0.590. The second-order valence-corrected chi connectivity index (χ2v) is 4.81. The average Bonchev–Trinajstić information content (AvgIpc) is 2.42. The summed E-state index contributed by atoms with van der Waals surface area (Å²) >= 11 is 0. The van der Waals surface area contributed by atoms with Gasteiger partial charge in [0.2, 0.25) is 5.91 Å². The third-order valence-corrected chi connectivity index (χ3v) is 3.05. The number of nitrogens with two attached hydrogens (primary N) is 1. The van der Waals surface area contributed by atoms with E-state index in [1.807, 2.05) is 31.2 Å². The van der Waals surface area contributed by atoms with Crippen molar-refractivity contribution in [2.24, 2.45) is 0 Å². The highest BCUT2D eigenvalue weighted by atomic mass is 16.3. The van der Waals surface area contributed by atoms with Gasteiger partial charge in [0.1, 0.15) is 5.75 Å². The van der Waals surface area contributed by atoms with E-state index in [1.54, 1.807) is 18.2 Å². The van der Waals surface area contributed by atoms with Gasteiger partial charge in [-0.05, 0) is 48.7 Å². The van der Waals surface area contributed by atoms with Crippen LogP contribution in [0.15, 0.2) is 42.5 Å². The lowest BCUT2D eigenvalue weighted by atomic mass is 10.1. The van der Waals surface area contributed by atoms with Gasteiger partial charge in [0.15, 0.2) is 0 Å². The fourth-order valence-corrected chi connectivity index (χ4v) is 1.90. The van der Waals surface area contributed by atoms with E-state index in [0.717, 1.165) is 11.1 Å². The lowest BCUT2D eigenvalue weighted by Crippen LogP contribution is -2.12. The minimum atomic E-state index is -0.122. The maximum Gasteiger partial charge on any atom is 0.224 e. The van der Waals surface area contributed by atoms with Crippen molar-refractivity contribution in [3.05, 3.63) is 53.6 Å². The summed E-state index contributed by atoms with van der Waals surface area (Å²) in [4.78, 5) is 11.9. The fraction of sp³-hybridized carbons (Fsp3) is 0.188. The van der Waals surface area contributed by atoms with Gasteiger partial charge in [-0.3, -0.25) is 4.79 Å². The van der Waals surface area contributed by atoms with Gasteiger partial charge in [0.05, 0.1) is 5.69 Å². The van der Waals surface area contributed by atoms with E-state index < -0.39 is 0 Å². The first-order valence-electron chi connectivity index (χ1n) is 6.48. The second-order valence-electron chi connectivity index (χ2n) is 4.81. The number of nitrogen functional groups attached to an aromatic ring is 1. The van der Waals surface area contributed by atoms with Crippen LogP contribution >= 0.6 is 0 Å². The molecule has 0 fully saturated rings. The molecule has 1 amide bonds. The maximum atomic E-state index is 11.9. The van der Waals surface area contributed by atoms with Gasteiger partial charge >= 0.3 is 0 Å². The smallest absolute Gasteiger partial charge is 0.224 e. The van der Waals surface area contributed by atoms with Crippen LogP contribution in [0.1, 0.15) is 17.5 Å². The molecule has 20 heavy (non-hydrogen) atoms.